The molecule has 0 saturated carbocycles. The van der Waals surface area contributed by atoms with E-state index in [1.165, 1.54) is 6.07 Å². The largest absolute Gasteiger partial charge is 0.416 e. The molecule has 1 heterocycles. The van der Waals surface area contributed by atoms with Crippen LogP contribution < -0.4 is 5.32 Å². The second-order valence-electron chi connectivity index (χ2n) is 4.49. The average molecular weight is 281 g/mol. The molecule has 0 atom stereocenters. The van der Waals surface area contributed by atoms with Gasteiger partial charge in [-0.15, -0.1) is 0 Å². The number of alkyl halides is 3. The zero-order valence-corrected chi connectivity index (χ0v) is 11.1. The van der Waals surface area contributed by atoms with Crippen molar-refractivity contribution in [1.82, 2.24) is 9.97 Å². The molecule has 0 saturated heterocycles. The Morgan fingerprint density at radius 1 is 1.10 bits per heavy atom. The molecule has 0 radical (unpaired) electrons. The number of aromatic nitrogens is 2. The molecular weight excluding hydrogens is 267 g/mol. The number of halogens is 3. The molecule has 6 heteroatoms. The SMILES string of the molecule is Cc1cc(NCc2cccc(C(F)(F)F)c2)nc(C)n1. The molecule has 1 N–H and O–H groups in total. The minimum atomic E-state index is -4.32. The fraction of sp³-hybridized carbons (Fsp3) is 0.286. The fourth-order valence-corrected chi connectivity index (χ4v) is 1.86. The smallest absolute Gasteiger partial charge is 0.366 e. The van der Waals surface area contributed by atoms with E-state index in [0.29, 0.717) is 17.2 Å². The van der Waals surface area contributed by atoms with Crippen LogP contribution in [0.3, 0.4) is 0 Å². The molecule has 2 rings (SSSR count). The first-order valence-corrected chi connectivity index (χ1v) is 6.07. The first kappa shape index (κ1) is 14.3. The third-order valence-corrected chi connectivity index (χ3v) is 2.69. The number of nitrogens with zero attached hydrogens (tertiary/aromatic N) is 2. The molecule has 106 valence electrons. The molecule has 0 fully saturated rings. The van der Waals surface area contributed by atoms with E-state index in [4.69, 9.17) is 0 Å². The van der Waals surface area contributed by atoms with Gasteiger partial charge in [-0.1, -0.05) is 12.1 Å². The maximum absolute atomic E-state index is 12.6. The summed E-state index contributed by atoms with van der Waals surface area (Å²) in [7, 11) is 0. The molecule has 0 unspecified atom stereocenters. The lowest BCUT2D eigenvalue weighted by Crippen LogP contribution is -2.07. The fourth-order valence-electron chi connectivity index (χ4n) is 1.86. The molecule has 0 aliphatic rings. The second-order valence-corrected chi connectivity index (χ2v) is 4.49. The highest BCUT2D eigenvalue weighted by molar-refractivity contribution is 5.37. The van der Waals surface area contributed by atoms with Gasteiger partial charge in [0.05, 0.1) is 5.56 Å². The van der Waals surface area contributed by atoms with E-state index in [-0.39, 0.29) is 6.54 Å². The van der Waals surface area contributed by atoms with Crippen molar-refractivity contribution < 1.29 is 13.2 Å². The summed E-state index contributed by atoms with van der Waals surface area (Å²) in [4.78, 5) is 8.31. The zero-order valence-electron chi connectivity index (χ0n) is 11.1. The molecule has 1 aromatic carbocycles. The molecule has 0 aliphatic heterocycles. The molecule has 0 aliphatic carbocycles. The van der Waals surface area contributed by atoms with Crippen molar-refractivity contribution >= 4 is 5.82 Å². The van der Waals surface area contributed by atoms with E-state index in [1.807, 2.05) is 6.92 Å². The first-order chi connectivity index (χ1) is 9.34. The van der Waals surface area contributed by atoms with Crippen molar-refractivity contribution in [2.45, 2.75) is 26.6 Å². The minimum Gasteiger partial charge on any atom is -0.366 e. The number of anilines is 1. The highest BCUT2D eigenvalue weighted by Crippen LogP contribution is 2.29. The van der Waals surface area contributed by atoms with Gasteiger partial charge < -0.3 is 5.32 Å². The van der Waals surface area contributed by atoms with Crippen LogP contribution in [-0.4, -0.2) is 9.97 Å². The van der Waals surface area contributed by atoms with Gasteiger partial charge in [-0.3, -0.25) is 0 Å². The Labute approximate surface area is 114 Å². The number of nitrogens with one attached hydrogen (secondary N) is 1. The van der Waals surface area contributed by atoms with Crippen molar-refractivity contribution in [2.75, 3.05) is 5.32 Å². The molecule has 2 aromatic rings. The van der Waals surface area contributed by atoms with Gasteiger partial charge in [0, 0.05) is 18.3 Å². The Balaban J connectivity index is 2.11. The highest BCUT2D eigenvalue weighted by Gasteiger charge is 2.30. The predicted molar refractivity (Wildman–Crippen MR) is 70.3 cm³/mol. The summed E-state index contributed by atoms with van der Waals surface area (Å²) in [6.45, 7) is 3.88. The lowest BCUT2D eigenvalue weighted by atomic mass is 10.1. The van der Waals surface area contributed by atoms with Gasteiger partial charge in [0.25, 0.3) is 0 Å². The summed E-state index contributed by atoms with van der Waals surface area (Å²) in [5.41, 5.74) is 0.713. The Morgan fingerprint density at radius 3 is 2.50 bits per heavy atom. The maximum Gasteiger partial charge on any atom is 0.416 e. The summed E-state index contributed by atoms with van der Waals surface area (Å²) in [6.07, 6.45) is -4.32. The van der Waals surface area contributed by atoms with Crippen LogP contribution in [0.2, 0.25) is 0 Å². The van der Waals surface area contributed by atoms with E-state index in [0.717, 1.165) is 17.8 Å². The van der Waals surface area contributed by atoms with E-state index in [2.05, 4.69) is 15.3 Å². The Bertz CT molecular complexity index is 589. The summed E-state index contributed by atoms with van der Waals surface area (Å²) in [5, 5.41) is 3.00. The van der Waals surface area contributed by atoms with E-state index in [9.17, 15) is 13.2 Å². The number of rotatable bonds is 3. The number of benzene rings is 1. The van der Waals surface area contributed by atoms with Crippen molar-refractivity contribution in [2.24, 2.45) is 0 Å². The number of aryl methyl sites for hydroxylation is 2. The van der Waals surface area contributed by atoms with Crippen LogP contribution in [0, 0.1) is 13.8 Å². The molecule has 20 heavy (non-hydrogen) atoms. The van der Waals surface area contributed by atoms with E-state index in [1.54, 1.807) is 19.1 Å². The topological polar surface area (TPSA) is 37.8 Å². The average Bonchev–Trinajstić information content (AvgIpc) is 2.35. The highest BCUT2D eigenvalue weighted by atomic mass is 19.4. The van der Waals surface area contributed by atoms with Gasteiger partial charge in [0.2, 0.25) is 0 Å². The zero-order chi connectivity index (χ0) is 14.8. The molecule has 0 spiro atoms. The van der Waals surface area contributed by atoms with Gasteiger partial charge in [0.15, 0.2) is 0 Å². The monoisotopic (exact) mass is 281 g/mol. The van der Waals surface area contributed by atoms with Crippen molar-refractivity contribution in [3.63, 3.8) is 0 Å². The summed E-state index contributed by atoms with van der Waals surface area (Å²) in [6, 6.07) is 6.98. The Hall–Kier alpha value is -2.11. The van der Waals surface area contributed by atoms with Gasteiger partial charge in [-0.05, 0) is 31.5 Å². The quantitative estimate of drug-likeness (QED) is 0.931. The summed E-state index contributed by atoms with van der Waals surface area (Å²) < 4.78 is 37.8. The predicted octanol–water partition coefficient (Wildman–Crippen LogP) is 3.72. The molecule has 3 nitrogen and oxygen atoms in total. The van der Waals surface area contributed by atoms with Crippen molar-refractivity contribution in [3.8, 4) is 0 Å². The lowest BCUT2D eigenvalue weighted by Gasteiger charge is -2.10. The van der Waals surface area contributed by atoms with Gasteiger partial charge >= 0.3 is 6.18 Å². The second kappa shape index (κ2) is 5.48. The first-order valence-electron chi connectivity index (χ1n) is 6.07. The normalized spacial score (nSPS) is 11.4. The number of hydrogen-bond acceptors (Lipinski definition) is 3. The van der Waals surface area contributed by atoms with Crippen LogP contribution >= 0.6 is 0 Å². The van der Waals surface area contributed by atoms with Crippen molar-refractivity contribution in [1.29, 1.82) is 0 Å². The number of hydrogen-bond donors (Lipinski definition) is 1. The van der Waals surface area contributed by atoms with Crippen LogP contribution in [0.15, 0.2) is 30.3 Å². The van der Waals surface area contributed by atoms with Crippen LogP contribution in [0.4, 0.5) is 19.0 Å². The minimum absolute atomic E-state index is 0.278. The molecule has 0 amide bonds. The van der Waals surface area contributed by atoms with Crippen LogP contribution in [-0.2, 0) is 12.7 Å². The van der Waals surface area contributed by atoms with Crippen LogP contribution in [0.25, 0.3) is 0 Å². The summed E-state index contributed by atoms with van der Waals surface area (Å²) in [5.74, 6) is 1.23. The molecule has 0 bridgehead atoms. The maximum atomic E-state index is 12.6. The summed E-state index contributed by atoms with van der Waals surface area (Å²) >= 11 is 0. The molecule has 1 aromatic heterocycles. The van der Waals surface area contributed by atoms with Crippen molar-refractivity contribution in [3.05, 3.63) is 53.0 Å². The van der Waals surface area contributed by atoms with Crippen LogP contribution in [0.1, 0.15) is 22.6 Å². The Morgan fingerprint density at radius 2 is 1.85 bits per heavy atom. The standard InChI is InChI=1S/C14H14F3N3/c1-9-6-13(20-10(2)19-9)18-8-11-4-3-5-12(7-11)14(15,16)17/h3-7H,8H2,1-2H3,(H,18,19,20). The Kier molecular flexibility index (Phi) is 3.92. The van der Waals surface area contributed by atoms with Crippen LogP contribution in [0.5, 0.6) is 0 Å². The van der Waals surface area contributed by atoms with Gasteiger partial charge in [-0.25, -0.2) is 9.97 Å². The van der Waals surface area contributed by atoms with E-state index >= 15 is 0 Å². The lowest BCUT2D eigenvalue weighted by molar-refractivity contribution is -0.137. The third-order valence-electron chi connectivity index (χ3n) is 2.69. The van der Waals surface area contributed by atoms with E-state index < -0.39 is 11.7 Å². The van der Waals surface area contributed by atoms with Gasteiger partial charge in [-0.2, -0.15) is 13.2 Å². The molecular formula is C14H14F3N3. The third kappa shape index (κ3) is 3.69. The van der Waals surface area contributed by atoms with Gasteiger partial charge in [0.1, 0.15) is 11.6 Å².